The minimum atomic E-state index is -0.607. The van der Waals surface area contributed by atoms with Gasteiger partial charge in [-0.25, -0.2) is 4.39 Å². The summed E-state index contributed by atoms with van der Waals surface area (Å²) < 4.78 is 21.7. The van der Waals surface area contributed by atoms with Crippen molar-refractivity contribution in [2.24, 2.45) is 0 Å². The van der Waals surface area contributed by atoms with Crippen molar-refractivity contribution in [1.82, 2.24) is 4.98 Å². The molecule has 0 atom stereocenters. The molecule has 0 bridgehead atoms. The van der Waals surface area contributed by atoms with E-state index >= 15 is 4.39 Å². The highest BCUT2D eigenvalue weighted by Crippen LogP contribution is 2.41. The number of pyridine rings is 1. The van der Waals surface area contributed by atoms with Crippen molar-refractivity contribution in [2.75, 3.05) is 0 Å². The molecule has 0 spiro atoms. The summed E-state index contributed by atoms with van der Waals surface area (Å²) in [5, 5.41) is 11.5. The maximum absolute atomic E-state index is 15.1. The van der Waals surface area contributed by atoms with Gasteiger partial charge in [-0.15, -0.1) is 0 Å². The number of hydrogen-bond donors (Lipinski definition) is 0. The van der Waals surface area contributed by atoms with Gasteiger partial charge in [0.1, 0.15) is 32.7 Å². The normalized spacial score (nSPS) is 11.7. The van der Waals surface area contributed by atoms with Crippen LogP contribution < -0.4 is 11.1 Å². The van der Waals surface area contributed by atoms with Crippen LogP contribution in [0.4, 0.5) is 4.39 Å². The molecule has 40 heavy (non-hydrogen) atoms. The van der Waals surface area contributed by atoms with E-state index in [2.05, 4.69) is 35.3 Å². The second-order valence-electron chi connectivity index (χ2n) is 10.9. The molecular formula is C34H23B2FN2O. The van der Waals surface area contributed by atoms with Gasteiger partial charge in [0.05, 0.1) is 17.3 Å². The van der Waals surface area contributed by atoms with Crippen LogP contribution in [0.1, 0.15) is 31.9 Å². The van der Waals surface area contributed by atoms with Crippen molar-refractivity contribution >= 4 is 48.7 Å². The van der Waals surface area contributed by atoms with E-state index in [1.807, 2.05) is 81.4 Å². The molecule has 0 saturated carbocycles. The number of nitrogens with zero attached hydrogens (tertiary/aromatic N) is 2. The Morgan fingerprint density at radius 2 is 1.45 bits per heavy atom. The van der Waals surface area contributed by atoms with Crippen molar-refractivity contribution in [3.8, 4) is 39.6 Å². The van der Waals surface area contributed by atoms with Crippen LogP contribution in [0.25, 0.3) is 55.4 Å². The zero-order valence-electron chi connectivity index (χ0n) is 22.4. The number of fused-ring (bicyclic) bond motifs is 3. The van der Waals surface area contributed by atoms with Crippen LogP contribution in [0.3, 0.4) is 0 Å². The molecule has 6 aromatic rings. The van der Waals surface area contributed by atoms with Crippen LogP contribution in [0.2, 0.25) is 0 Å². The fourth-order valence-electron chi connectivity index (χ4n) is 5.40. The highest BCUT2D eigenvalue weighted by molar-refractivity contribution is 6.39. The topological polar surface area (TPSA) is 49.8 Å². The van der Waals surface area contributed by atoms with Gasteiger partial charge in [0.25, 0.3) is 0 Å². The van der Waals surface area contributed by atoms with E-state index in [1.165, 1.54) is 0 Å². The lowest BCUT2D eigenvalue weighted by molar-refractivity contribution is 0.528. The summed E-state index contributed by atoms with van der Waals surface area (Å²) in [5.74, 6) is -0.607. The molecule has 188 valence electrons. The quantitative estimate of drug-likeness (QED) is 0.241. The van der Waals surface area contributed by atoms with E-state index in [0.717, 1.165) is 33.0 Å². The molecule has 0 aliphatic rings. The van der Waals surface area contributed by atoms with Crippen LogP contribution in [-0.2, 0) is 5.41 Å². The van der Waals surface area contributed by atoms with Crippen molar-refractivity contribution in [3.63, 3.8) is 0 Å². The molecule has 3 nitrogen and oxygen atoms in total. The molecular weight excluding hydrogens is 493 g/mol. The molecule has 0 aliphatic heterocycles. The summed E-state index contributed by atoms with van der Waals surface area (Å²) in [6.45, 7) is 5.64. The number of para-hydroxylation sites is 1. The zero-order chi connectivity index (χ0) is 28.2. The lowest BCUT2D eigenvalue weighted by Gasteiger charge is -2.25. The van der Waals surface area contributed by atoms with Gasteiger partial charge >= 0.3 is 0 Å². The van der Waals surface area contributed by atoms with E-state index in [0.29, 0.717) is 33.6 Å². The smallest absolute Gasteiger partial charge is 0.145 e. The average molecular weight is 516 g/mol. The van der Waals surface area contributed by atoms with Crippen LogP contribution in [-0.4, -0.2) is 20.7 Å². The molecule has 0 saturated heterocycles. The summed E-state index contributed by atoms with van der Waals surface area (Å²) in [6.07, 6.45) is 0. The molecule has 4 aromatic carbocycles. The third kappa shape index (κ3) is 4.19. The molecule has 0 N–H and O–H groups in total. The first kappa shape index (κ1) is 25.6. The predicted octanol–water partition coefficient (Wildman–Crippen LogP) is 6.88. The summed E-state index contributed by atoms with van der Waals surface area (Å²) in [4.78, 5) is 4.36. The Labute approximate surface area is 235 Å². The number of halogens is 1. The van der Waals surface area contributed by atoms with E-state index in [-0.39, 0.29) is 11.1 Å². The number of rotatable bonds is 3. The van der Waals surface area contributed by atoms with Gasteiger partial charge in [-0.3, -0.25) is 4.98 Å². The molecule has 4 radical (unpaired) electrons. The van der Waals surface area contributed by atoms with E-state index < -0.39 is 11.2 Å². The number of benzene rings is 4. The van der Waals surface area contributed by atoms with Crippen LogP contribution >= 0.6 is 0 Å². The molecule has 0 fully saturated rings. The lowest BCUT2D eigenvalue weighted by atomic mass is 9.74. The predicted molar refractivity (Wildman–Crippen MR) is 162 cm³/mol. The number of furan rings is 1. The van der Waals surface area contributed by atoms with E-state index in [4.69, 9.17) is 20.1 Å². The first-order valence-corrected chi connectivity index (χ1v) is 13.0. The molecule has 0 aliphatic carbocycles. The van der Waals surface area contributed by atoms with Crippen LogP contribution in [0.15, 0.2) is 89.3 Å². The fourth-order valence-corrected chi connectivity index (χ4v) is 5.40. The lowest BCUT2D eigenvalue weighted by Crippen LogP contribution is -2.34. The van der Waals surface area contributed by atoms with Gasteiger partial charge in [0.15, 0.2) is 0 Å². The Morgan fingerprint density at radius 1 is 0.775 bits per heavy atom. The average Bonchev–Trinajstić information content (AvgIpc) is 3.33. The standard InChI is InChI=1S/C34H23B2FN2O/c1-34(2,3)27-28(35)30(39-33(36)29(27)37)24-14-8-13-23-26-16-19(18-38)15-25(32(26)40-31(23)24)22-12-7-11-21(17-22)20-9-5-4-6-10-20/h4-17H,1-3H3. The SMILES string of the molecule is [B]c1nc(-c2cccc3c2oc2c(-c4cccc(-c5ccccc5)c4)cc(C#N)cc23)c([B])c(C(C)(C)C)c1F. The van der Waals surface area contributed by atoms with Crippen molar-refractivity contribution in [3.05, 3.63) is 102 Å². The number of hydrogen-bond acceptors (Lipinski definition) is 3. The summed E-state index contributed by atoms with van der Waals surface area (Å²) in [7, 11) is 12.6. The molecule has 2 aromatic heterocycles. The monoisotopic (exact) mass is 516 g/mol. The summed E-state index contributed by atoms with van der Waals surface area (Å²) >= 11 is 0. The molecule has 6 heteroatoms. The third-order valence-corrected chi connectivity index (χ3v) is 7.21. The summed E-state index contributed by atoms with van der Waals surface area (Å²) in [5.41, 5.74) is 6.24. The second-order valence-corrected chi connectivity index (χ2v) is 10.9. The van der Waals surface area contributed by atoms with Gasteiger partial charge in [-0.1, -0.05) is 86.9 Å². The Bertz CT molecular complexity index is 1980. The van der Waals surface area contributed by atoms with Crippen molar-refractivity contribution in [2.45, 2.75) is 26.2 Å². The number of aromatic nitrogens is 1. The maximum atomic E-state index is 15.1. The van der Waals surface area contributed by atoms with Gasteiger partial charge in [-0.05, 0) is 51.9 Å². The fraction of sp³-hybridized carbons (Fsp3) is 0.118. The zero-order valence-corrected chi connectivity index (χ0v) is 22.4. The van der Waals surface area contributed by atoms with E-state index in [1.54, 1.807) is 0 Å². The molecule has 0 unspecified atom stereocenters. The Morgan fingerprint density at radius 3 is 2.17 bits per heavy atom. The second kappa shape index (κ2) is 9.54. The van der Waals surface area contributed by atoms with Gasteiger partial charge in [0.2, 0.25) is 0 Å². The van der Waals surface area contributed by atoms with Gasteiger partial charge < -0.3 is 4.42 Å². The molecule has 2 heterocycles. The van der Waals surface area contributed by atoms with Crippen molar-refractivity contribution < 1.29 is 8.81 Å². The highest BCUT2D eigenvalue weighted by atomic mass is 19.1. The highest BCUT2D eigenvalue weighted by Gasteiger charge is 2.26. The Balaban J connectivity index is 1.64. The first-order valence-electron chi connectivity index (χ1n) is 13.0. The first-order chi connectivity index (χ1) is 19.2. The minimum absolute atomic E-state index is 0.215. The molecule has 0 amide bonds. The number of nitriles is 1. The Kier molecular flexibility index (Phi) is 6.11. The van der Waals surface area contributed by atoms with E-state index in [9.17, 15) is 5.26 Å². The van der Waals surface area contributed by atoms with Gasteiger partial charge in [-0.2, -0.15) is 5.26 Å². The van der Waals surface area contributed by atoms with Crippen LogP contribution in [0, 0.1) is 17.1 Å². The van der Waals surface area contributed by atoms with Gasteiger partial charge in [0, 0.05) is 27.5 Å². The van der Waals surface area contributed by atoms with Crippen molar-refractivity contribution in [1.29, 1.82) is 5.26 Å². The van der Waals surface area contributed by atoms with Crippen LogP contribution in [0.5, 0.6) is 0 Å². The minimum Gasteiger partial charge on any atom is -0.455 e. The Hall–Kier alpha value is -4.62. The molecule has 6 rings (SSSR count). The maximum Gasteiger partial charge on any atom is 0.145 e. The summed E-state index contributed by atoms with van der Waals surface area (Å²) in [6, 6.07) is 29.9. The largest absolute Gasteiger partial charge is 0.455 e. The third-order valence-electron chi connectivity index (χ3n) is 7.21.